The predicted octanol–water partition coefficient (Wildman–Crippen LogP) is 2.54. The molecule has 30 heavy (non-hydrogen) atoms. The van der Waals surface area contributed by atoms with Crippen LogP contribution in [-0.4, -0.2) is 59.3 Å². The van der Waals surface area contributed by atoms with Crippen LogP contribution >= 0.6 is 0 Å². The van der Waals surface area contributed by atoms with Gasteiger partial charge in [-0.2, -0.15) is 0 Å². The number of nitro benzene ring substituents is 1. The number of nitrogens with zero attached hydrogens (tertiary/aromatic N) is 3. The molecule has 0 unspecified atom stereocenters. The van der Waals surface area contributed by atoms with E-state index in [2.05, 4.69) is 5.32 Å². The van der Waals surface area contributed by atoms with E-state index in [0.29, 0.717) is 26.2 Å². The third-order valence-electron chi connectivity index (χ3n) is 5.34. The van der Waals surface area contributed by atoms with Crippen LogP contribution in [0.1, 0.15) is 16.7 Å². The number of anilines is 1. The highest BCUT2D eigenvalue weighted by Gasteiger charge is 2.23. The van der Waals surface area contributed by atoms with Crippen molar-refractivity contribution in [2.24, 2.45) is 0 Å². The van der Waals surface area contributed by atoms with Gasteiger partial charge in [0.1, 0.15) is 0 Å². The number of hydrogen-bond donors (Lipinski definition) is 1. The zero-order chi connectivity index (χ0) is 21.7. The number of carbonyl (C=O) groups is 2. The van der Waals surface area contributed by atoms with Gasteiger partial charge in [-0.15, -0.1) is 0 Å². The van der Waals surface area contributed by atoms with Gasteiger partial charge in [-0.25, -0.2) is 0 Å². The average molecular weight is 410 g/mol. The van der Waals surface area contributed by atoms with Crippen LogP contribution < -0.4 is 5.32 Å². The van der Waals surface area contributed by atoms with Crippen molar-refractivity contribution < 1.29 is 14.5 Å². The van der Waals surface area contributed by atoms with Gasteiger partial charge in [0.25, 0.3) is 5.69 Å². The number of benzene rings is 2. The Hall–Kier alpha value is -3.26. The smallest absolute Gasteiger partial charge is 0.269 e. The predicted molar refractivity (Wildman–Crippen MR) is 114 cm³/mol. The highest BCUT2D eigenvalue weighted by atomic mass is 16.6. The summed E-state index contributed by atoms with van der Waals surface area (Å²) >= 11 is 0. The van der Waals surface area contributed by atoms with E-state index >= 15 is 0 Å². The summed E-state index contributed by atoms with van der Waals surface area (Å²) < 4.78 is 0. The summed E-state index contributed by atoms with van der Waals surface area (Å²) in [6.45, 7) is 6.61. The molecule has 1 saturated heterocycles. The van der Waals surface area contributed by atoms with Gasteiger partial charge in [-0.1, -0.05) is 30.3 Å². The summed E-state index contributed by atoms with van der Waals surface area (Å²) in [5, 5.41) is 13.7. The molecule has 1 fully saturated rings. The van der Waals surface area contributed by atoms with Crippen molar-refractivity contribution in [3.05, 3.63) is 69.3 Å². The Bertz CT molecular complexity index is 914. The van der Waals surface area contributed by atoms with E-state index in [9.17, 15) is 19.7 Å². The number of para-hydroxylation sites is 1. The first kappa shape index (κ1) is 21.4. The molecule has 1 N–H and O–H groups in total. The third kappa shape index (κ3) is 5.42. The van der Waals surface area contributed by atoms with Crippen LogP contribution in [0.15, 0.2) is 42.5 Å². The highest BCUT2D eigenvalue weighted by Crippen LogP contribution is 2.19. The fourth-order valence-corrected chi connectivity index (χ4v) is 3.57. The summed E-state index contributed by atoms with van der Waals surface area (Å²) in [4.78, 5) is 39.0. The number of hydrogen-bond acceptors (Lipinski definition) is 5. The fourth-order valence-electron chi connectivity index (χ4n) is 3.57. The molecule has 2 amide bonds. The molecule has 0 spiro atoms. The topological polar surface area (TPSA) is 95.8 Å². The Labute approximate surface area is 175 Å². The Morgan fingerprint density at radius 2 is 1.60 bits per heavy atom. The molecule has 0 radical (unpaired) electrons. The van der Waals surface area contributed by atoms with E-state index in [4.69, 9.17) is 0 Å². The molecule has 8 nitrogen and oxygen atoms in total. The van der Waals surface area contributed by atoms with Crippen molar-refractivity contribution in [3.63, 3.8) is 0 Å². The minimum atomic E-state index is -0.457. The zero-order valence-electron chi connectivity index (χ0n) is 17.3. The van der Waals surface area contributed by atoms with E-state index in [1.807, 2.05) is 36.9 Å². The number of rotatable bonds is 6. The Morgan fingerprint density at radius 3 is 2.17 bits per heavy atom. The van der Waals surface area contributed by atoms with Crippen LogP contribution in [0.3, 0.4) is 0 Å². The van der Waals surface area contributed by atoms with Gasteiger partial charge in [-0.05, 0) is 30.5 Å². The van der Waals surface area contributed by atoms with Crippen molar-refractivity contribution in [2.45, 2.75) is 20.3 Å². The van der Waals surface area contributed by atoms with Crippen molar-refractivity contribution in [1.29, 1.82) is 0 Å². The first-order chi connectivity index (χ1) is 14.3. The second kappa shape index (κ2) is 9.49. The number of non-ortho nitro benzene ring substituents is 1. The number of amides is 2. The van der Waals surface area contributed by atoms with Gasteiger partial charge in [0, 0.05) is 44.0 Å². The van der Waals surface area contributed by atoms with E-state index in [1.54, 1.807) is 17.0 Å². The molecule has 1 heterocycles. The van der Waals surface area contributed by atoms with Crippen LogP contribution in [0.4, 0.5) is 11.4 Å². The highest BCUT2D eigenvalue weighted by molar-refractivity contribution is 5.93. The van der Waals surface area contributed by atoms with Gasteiger partial charge < -0.3 is 10.2 Å². The Balaban J connectivity index is 1.46. The van der Waals surface area contributed by atoms with Gasteiger partial charge in [0.2, 0.25) is 11.8 Å². The quantitative estimate of drug-likeness (QED) is 0.583. The zero-order valence-corrected chi connectivity index (χ0v) is 17.3. The van der Waals surface area contributed by atoms with Gasteiger partial charge >= 0.3 is 0 Å². The summed E-state index contributed by atoms with van der Waals surface area (Å²) in [5.41, 5.74) is 3.69. The maximum Gasteiger partial charge on any atom is 0.269 e. The standard InChI is InChI=1S/C22H26N4O4/c1-16-4-3-5-17(2)22(16)23-20(27)15-24-10-12-25(13-11-24)21(28)14-18-6-8-19(9-7-18)26(29)30/h3-9H,10-15H2,1-2H3,(H,23,27). The first-order valence-corrected chi connectivity index (χ1v) is 9.93. The number of aryl methyl sites for hydroxylation is 2. The molecule has 2 aromatic rings. The second-order valence-electron chi connectivity index (χ2n) is 7.57. The van der Waals surface area contributed by atoms with E-state index < -0.39 is 4.92 Å². The SMILES string of the molecule is Cc1cccc(C)c1NC(=O)CN1CCN(C(=O)Cc2ccc([N+](=O)[O-])cc2)CC1. The molecule has 0 aliphatic carbocycles. The van der Waals surface area contributed by atoms with Gasteiger partial charge in [0.15, 0.2) is 0 Å². The fraction of sp³-hybridized carbons (Fsp3) is 0.364. The molecule has 8 heteroatoms. The first-order valence-electron chi connectivity index (χ1n) is 9.93. The average Bonchev–Trinajstić information content (AvgIpc) is 2.72. The van der Waals surface area contributed by atoms with Crippen molar-refractivity contribution >= 4 is 23.2 Å². The number of piperazine rings is 1. The minimum Gasteiger partial charge on any atom is -0.340 e. The van der Waals surface area contributed by atoms with Gasteiger partial charge in [0.05, 0.1) is 17.9 Å². The minimum absolute atomic E-state index is 0.0107. The number of carbonyl (C=O) groups excluding carboxylic acids is 2. The molecule has 0 saturated carbocycles. The molecule has 0 atom stereocenters. The number of nitro groups is 1. The maximum absolute atomic E-state index is 12.5. The molecular formula is C22H26N4O4. The van der Waals surface area contributed by atoms with Crippen molar-refractivity contribution in [3.8, 4) is 0 Å². The molecule has 2 aromatic carbocycles. The van der Waals surface area contributed by atoms with Crippen molar-refractivity contribution in [2.75, 3.05) is 38.0 Å². The van der Waals surface area contributed by atoms with Crippen LogP contribution in [-0.2, 0) is 16.0 Å². The Morgan fingerprint density at radius 1 is 1.00 bits per heavy atom. The molecule has 158 valence electrons. The van der Waals surface area contributed by atoms with Crippen LogP contribution in [0.2, 0.25) is 0 Å². The van der Waals surface area contributed by atoms with Crippen LogP contribution in [0, 0.1) is 24.0 Å². The molecule has 1 aliphatic heterocycles. The summed E-state index contributed by atoms with van der Waals surface area (Å²) in [5.74, 6) is -0.0680. The lowest BCUT2D eigenvalue weighted by atomic mass is 10.1. The monoisotopic (exact) mass is 410 g/mol. The summed E-state index contributed by atoms with van der Waals surface area (Å²) in [6.07, 6.45) is 0.213. The lowest BCUT2D eigenvalue weighted by molar-refractivity contribution is -0.384. The van der Waals surface area contributed by atoms with E-state index in [0.717, 1.165) is 22.4 Å². The second-order valence-corrected chi connectivity index (χ2v) is 7.57. The summed E-state index contributed by atoms with van der Waals surface area (Å²) in [6, 6.07) is 12.0. The van der Waals surface area contributed by atoms with Crippen LogP contribution in [0.5, 0.6) is 0 Å². The third-order valence-corrected chi connectivity index (χ3v) is 5.34. The normalized spacial score (nSPS) is 14.4. The lowest BCUT2D eigenvalue weighted by Gasteiger charge is -2.34. The molecule has 0 aromatic heterocycles. The maximum atomic E-state index is 12.5. The number of nitrogens with one attached hydrogen (secondary N) is 1. The molecule has 0 bridgehead atoms. The van der Waals surface area contributed by atoms with Gasteiger partial charge in [-0.3, -0.25) is 24.6 Å². The van der Waals surface area contributed by atoms with Crippen molar-refractivity contribution in [1.82, 2.24) is 9.80 Å². The summed E-state index contributed by atoms with van der Waals surface area (Å²) in [7, 11) is 0. The molecule has 1 aliphatic rings. The largest absolute Gasteiger partial charge is 0.340 e. The lowest BCUT2D eigenvalue weighted by Crippen LogP contribution is -2.50. The van der Waals surface area contributed by atoms with E-state index in [1.165, 1.54) is 12.1 Å². The molecule has 3 rings (SSSR count). The molecular weight excluding hydrogens is 384 g/mol. The van der Waals surface area contributed by atoms with E-state index in [-0.39, 0.29) is 30.5 Å². The Kier molecular flexibility index (Phi) is 6.79. The van der Waals surface area contributed by atoms with Crippen LogP contribution in [0.25, 0.3) is 0 Å².